The van der Waals surface area contributed by atoms with Crippen LogP contribution < -0.4 is 5.32 Å². The van der Waals surface area contributed by atoms with Gasteiger partial charge in [0.1, 0.15) is 5.60 Å². The fourth-order valence-corrected chi connectivity index (χ4v) is 1.83. The molecule has 1 aliphatic rings. The summed E-state index contributed by atoms with van der Waals surface area (Å²) in [7, 11) is 0. The minimum atomic E-state index is -0.947. The minimum absolute atomic E-state index is 0.162. The number of hydrogen-bond donors (Lipinski definition) is 3. The van der Waals surface area contributed by atoms with E-state index in [1.807, 2.05) is 0 Å². The standard InChI is InChI=1S/C11H19NO5/c1-11(2,3)17-10(16)12-7-4-6(9(14)15)5-8(7)13/h6-8,13H,4-5H2,1-3H3,(H,12,16)(H,14,15)/t6-,7?,8?/m0/s1. The van der Waals surface area contributed by atoms with Crippen LogP contribution in [0.4, 0.5) is 4.79 Å². The SMILES string of the molecule is CC(C)(C)OC(=O)NC1C[C@H](C(=O)O)CC1O. The molecule has 3 atom stereocenters. The number of rotatable bonds is 2. The zero-order valence-corrected chi connectivity index (χ0v) is 10.3. The van der Waals surface area contributed by atoms with Gasteiger partial charge in [-0.3, -0.25) is 4.79 Å². The lowest BCUT2D eigenvalue weighted by atomic mass is 10.1. The largest absolute Gasteiger partial charge is 0.481 e. The lowest BCUT2D eigenvalue weighted by Gasteiger charge is -2.22. The zero-order valence-electron chi connectivity index (χ0n) is 10.3. The highest BCUT2D eigenvalue weighted by atomic mass is 16.6. The van der Waals surface area contributed by atoms with Crippen molar-refractivity contribution in [2.45, 2.75) is 51.4 Å². The minimum Gasteiger partial charge on any atom is -0.481 e. The Kier molecular flexibility index (Phi) is 3.98. The average molecular weight is 245 g/mol. The molecule has 3 N–H and O–H groups in total. The maximum atomic E-state index is 11.4. The molecule has 2 unspecified atom stereocenters. The highest BCUT2D eigenvalue weighted by Crippen LogP contribution is 2.26. The predicted octanol–water partition coefficient (Wildman–Crippen LogP) is 0.735. The molecule has 0 heterocycles. The van der Waals surface area contributed by atoms with Crippen LogP contribution in [0.1, 0.15) is 33.6 Å². The van der Waals surface area contributed by atoms with Gasteiger partial charge in [0.25, 0.3) is 0 Å². The molecule has 0 aromatic heterocycles. The number of aliphatic carboxylic acids is 1. The summed E-state index contributed by atoms with van der Waals surface area (Å²) < 4.78 is 5.04. The molecule has 1 saturated carbocycles. The molecule has 6 heteroatoms. The number of amides is 1. The summed E-state index contributed by atoms with van der Waals surface area (Å²) in [6.07, 6.45) is -1.07. The molecule has 0 spiro atoms. The number of nitrogens with one attached hydrogen (secondary N) is 1. The normalized spacial score (nSPS) is 28.8. The molecule has 1 aliphatic carbocycles. The van der Waals surface area contributed by atoms with Crippen LogP contribution in [-0.4, -0.2) is 40.0 Å². The van der Waals surface area contributed by atoms with E-state index in [1.165, 1.54) is 0 Å². The molecule has 6 nitrogen and oxygen atoms in total. The van der Waals surface area contributed by atoms with Crippen molar-refractivity contribution in [1.29, 1.82) is 0 Å². The Morgan fingerprint density at radius 2 is 1.88 bits per heavy atom. The van der Waals surface area contributed by atoms with Gasteiger partial charge in [-0.2, -0.15) is 0 Å². The highest BCUT2D eigenvalue weighted by Gasteiger charge is 2.38. The molecule has 1 fully saturated rings. The molecule has 1 amide bonds. The van der Waals surface area contributed by atoms with Crippen LogP contribution in [-0.2, 0) is 9.53 Å². The van der Waals surface area contributed by atoms with Crippen molar-refractivity contribution in [2.24, 2.45) is 5.92 Å². The maximum absolute atomic E-state index is 11.4. The van der Waals surface area contributed by atoms with Crippen molar-refractivity contribution >= 4 is 12.1 Å². The van der Waals surface area contributed by atoms with Gasteiger partial charge in [0.2, 0.25) is 0 Å². The van der Waals surface area contributed by atoms with Crippen LogP contribution in [0.3, 0.4) is 0 Å². The fourth-order valence-electron chi connectivity index (χ4n) is 1.83. The van der Waals surface area contributed by atoms with Crippen LogP contribution in [0.15, 0.2) is 0 Å². The molecule has 0 radical (unpaired) electrons. The van der Waals surface area contributed by atoms with Crippen molar-refractivity contribution in [3.05, 3.63) is 0 Å². The van der Waals surface area contributed by atoms with Crippen molar-refractivity contribution in [3.8, 4) is 0 Å². The van der Waals surface area contributed by atoms with E-state index < -0.39 is 35.7 Å². The van der Waals surface area contributed by atoms with E-state index in [-0.39, 0.29) is 12.8 Å². The summed E-state index contributed by atoms with van der Waals surface area (Å²) in [6.45, 7) is 5.20. The molecule has 0 aromatic rings. The van der Waals surface area contributed by atoms with Crippen molar-refractivity contribution in [3.63, 3.8) is 0 Å². The summed E-state index contributed by atoms with van der Waals surface area (Å²) in [5, 5.41) is 20.9. The van der Waals surface area contributed by atoms with Gasteiger partial charge in [-0.15, -0.1) is 0 Å². The third kappa shape index (κ3) is 4.22. The Hall–Kier alpha value is -1.30. The topological polar surface area (TPSA) is 95.9 Å². The average Bonchev–Trinajstić information content (AvgIpc) is 2.44. The molecule has 0 bridgehead atoms. The van der Waals surface area contributed by atoms with Crippen molar-refractivity contribution in [2.75, 3.05) is 0 Å². The molecule has 0 aromatic carbocycles. The second-order valence-electron chi connectivity index (χ2n) is 5.33. The van der Waals surface area contributed by atoms with E-state index in [2.05, 4.69) is 5.32 Å². The Balaban J connectivity index is 2.47. The van der Waals surface area contributed by atoms with Gasteiger partial charge in [0, 0.05) is 0 Å². The van der Waals surface area contributed by atoms with Gasteiger partial charge in [-0.1, -0.05) is 0 Å². The third-order valence-electron chi connectivity index (χ3n) is 2.58. The van der Waals surface area contributed by atoms with Crippen LogP contribution in [0.25, 0.3) is 0 Å². The van der Waals surface area contributed by atoms with Gasteiger partial charge in [-0.05, 0) is 33.6 Å². The van der Waals surface area contributed by atoms with E-state index >= 15 is 0 Å². The number of alkyl carbamates (subject to hydrolysis) is 1. The summed E-state index contributed by atoms with van der Waals surface area (Å²) in [5.74, 6) is -1.55. The number of aliphatic hydroxyl groups excluding tert-OH is 1. The van der Waals surface area contributed by atoms with E-state index in [1.54, 1.807) is 20.8 Å². The van der Waals surface area contributed by atoms with Crippen LogP contribution in [0, 0.1) is 5.92 Å². The van der Waals surface area contributed by atoms with Gasteiger partial charge in [0.15, 0.2) is 0 Å². The predicted molar refractivity (Wildman–Crippen MR) is 59.5 cm³/mol. The van der Waals surface area contributed by atoms with Crippen LogP contribution in [0.5, 0.6) is 0 Å². The van der Waals surface area contributed by atoms with Crippen LogP contribution >= 0.6 is 0 Å². The lowest BCUT2D eigenvalue weighted by Crippen LogP contribution is -2.42. The van der Waals surface area contributed by atoms with E-state index in [4.69, 9.17) is 9.84 Å². The highest BCUT2D eigenvalue weighted by molar-refractivity contribution is 5.72. The maximum Gasteiger partial charge on any atom is 0.407 e. The Labute approximate surface area is 100.0 Å². The number of carbonyl (C=O) groups excluding carboxylic acids is 1. The molecule has 0 saturated heterocycles. The van der Waals surface area contributed by atoms with Crippen LogP contribution in [0.2, 0.25) is 0 Å². The van der Waals surface area contributed by atoms with Gasteiger partial charge >= 0.3 is 12.1 Å². The number of aliphatic hydroxyl groups is 1. The van der Waals surface area contributed by atoms with E-state index in [0.29, 0.717) is 0 Å². The second-order valence-corrected chi connectivity index (χ2v) is 5.33. The zero-order chi connectivity index (χ0) is 13.2. The van der Waals surface area contributed by atoms with Gasteiger partial charge < -0.3 is 20.3 Å². The first kappa shape index (κ1) is 13.8. The number of carboxylic acid groups (broad SMARTS) is 1. The van der Waals surface area contributed by atoms with Gasteiger partial charge in [0.05, 0.1) is 18.1 Å². The third-order valence-corrected chi connectivity index (χ3v) is 2.58. The Bertz CT molecular complexity index is 309. The molecule has 98 valence electrons. The Morgan fingerprint density at radius 3 is 2.29 bits per heavy atom. The quantitative estimate of drug-likeness (QED) is 0.666. The molecule has 0 aliphatic heterocycles. The number of ether oxygens (including phenoxy) is 1. The summed E-state index contributed by atoms with van der Waals surface area (Å²) in [5.41, 5.74) is -0.611. The van der Waals surface area contributed by atoms with E-state index in [9.17, 15) is 14.7 Å². The van der Waals surface area contributed by atoms with E-state index in [0.717, 1.165) is 0 Å². The van der Waals surface area contributed by atoms with Crippen molar-refractivity contribution < 1.29 is 24.5 Å². The number of carboxylic acids is 1. The molecular formula is C11H19NO5. The smallest absolute Gasteiger partial charge is 0.407 e. The molecule has 1 rings (SSSR count). The van der Waals surface area contributed by atoms with Crippen molar-refractivity contribution in [1.82, 2.24) is 5.32 Å². The van der Waals surface area contributed by atoms with Gasteiger partial charge in [-0.25, -0.2) is 4.79 Å². The summed E-state index contributed by atoms with van der Waals surface area (Å²) >= 11 is 0. The first-order valence-electron chi connectivity index (χ1n) is 5.59. The lowest BCUT2D eigenvalue weighted by molar-refractivity contribution is -0.141. The fraction of sp³-hybridized carbons (Fsp3) is 0.818. The first-order chi connectivity index (χ1) is 7.69. The summed E-state index contributed by atoms with van der Waals surface area (Å²) in [6, 6.07) is -0.550. The molecular weight excluding hydrogens is 226 g/mol. The first-order valence-corrected chi connectivity index (χ1v) is 5.59. The number of hydrogen-bond acceptors (Lipinski definition) is 4. The second kappa shape index (κ2) is 4.91. The Morgan fingerprint density at radius 1 is 1.29 bits per heavy atom. The summed E-state index contributed by atoms with van der Waals surface area (Å²) in [4.78, 5) is 22.2. The molecule has 17 heavy (non-hydrogen) atoms. The number of carbonyl (C=O) groups is 2. The monoisotopic (exact) mass is 245 g/mol.